The van der Waals surface area contributed by atoms with Crippen LogP contribution in [0.2, 0.25) is 0 Å². The van der Waals surface area contributed by atoms with Gasteiger partial charge in [-0.05, 0) is 94.2 Å². The van der Waals surface area contributed by atoms with Gasteiger partial charge in [-0.3, -0.25) is 5.10 Å². The van der Waals surface area contributed by atoms with E-state index in [1.54, 1.807) is 30.1 Å². The fourth-order valence-corrected chi connectivity index (χ4v) is 11.1. The van der Waals surface area contributed by atoms with Gasteiger partial charge in [0.15, 0.2) is 34.5 Å². The van der Waals surface area contributed by atoms with Crippen molar-refractivity contribution in [2.45, 2.75) is 108 Å². The van der Waals surface area contributed by atoms with E-state index in [0.29, 0.717) is 83.3 Å². The second-order valence-electron chi connectivity index (χ2n) is 21.3. The highest BCUT2D eigenvalue weighted by molar-refractivity contribution is 5.76. The van der Waals surface area contributed by atoms with Crippen LogP contribution in [0.15, 0.2) is 110 Å². The number of rotatable bonds is 20. The zero-order chi connectivity index (χ0) is 59.1. The van der Waals surface area contributed by atoms with Crippen molar-refractivity contribution in [2.24, 2.45) is 5.73 Å². The highest BCUT2D eigenvalue weighted by Crippen LogP contribution is 2.41. The molecule has 3 fully saturated rings. The Balaban J connectivity index is 0.766. The van der Waals surface area contributed by atoms with Crippen LogP contribution < -0.4 is 61.1 Å². The Labute approximate surface area is 492 Å². The van der Waals surface area contributed by atoms with E-state index in [-0.39, 0.29) is 59.3 Å². The van der Waals surface area contributed by atoms with Crippen LogP contribution in [0.5, 0.6) is 23.0 Å². The molecule has 3 aliphatic rings. The smallest absolute Gasteiger partial charge is 0.326 e. The maximum Gasteiger partial charge on any atom is 0.326 e. The minimum absolute atomic E-state index is 0.0133. The first kappa shape index (κ1) is 55.6. The molecule has 86 heavy (non-hydrogen) atoms. The van der Waals surface area contributed by atoms with Gasteiger partial charge < -0.3 is 30.0 Å². The third kappa shape index (κ3) is 12.5. The van der Waals surface area contributed by atoms with Crippen molar-refractivity contribution in [2.75, 3.05) is 33.9 Å². The summed E-state index contributed by atoms with van der Waals surface area (Å²) < 4.78 is 41.9. The number of benzene rings is 3. The van der Waals surface area contributed by atoms with Gasteiger partial charge in [0.1, 0.15) is 53.5 Å². The second kappa shape index (κ2) is 24.9. The van der Waals surface area contributed by atoms with Gasteiger partial charge in [-0.15, -0.1) is 0 Å². The van der Waals surface area contributed by atoms with Gasteiger partial charge in [0.2, 0.25) is 11.6 Å². The standard InChI is InChI=1S/C60H58FN21O4/c1-34-6-3-7-45(59(34)85-42-18-14-36(20-42)78-82-57(74-55-33-68-40(27-64)30-71-55)24-49(80-82)58-50(83-2)10-5-11-51(58)84-41-16-12-35(65)13-17-41)48-23-56(73-54-32-67-39(26-63)29-70-54)81(79-48)77-37-15-19-43(21-37)86-60-44(8-4-9-46(60)61)47-22-52(76-75-47)72-53-31-66-38(25-62)28-69-53/h3-11,22-24,28-33,35-37,41-43,77-78H,12-21,65H2,1-2H3,(H4,66,67,68,69,70,71,72,73,74,75,76,79,80)/p+2/t35?,36-,37-,41?,42+,43+/m0/s1. The van der Waals surface area contributed by atoms with Gasteiger partial charge in [-0.25, -0.2) is 66.0 Å². The maximum atomic E-state index is 15.8. The first-order chi connectivity index (χ1) is 42.0. The van der Waals surface area contributed by atoms with Gasteiger partial charge in [0, 0.05) is 36.1 Å². The zero-order valence-corrected chi connectivity index (χ0v) is 46.9. The largest absolute Gasteiger partial charge is 0.496 e. The van der Waals surface area contributed by atoms with E-state index < -0.39 is 5.82 Å². The molecule has 0 radical (unpaired) electrons. The SMILES string of the molecule is COc1cccc(OC2CCC(N)CC2)c1-c1cc(Nc2cnc(C#N)cn2)[n+](N[C@H]2CC[C@@H](Oc3c(C)cccc3-c3cc(Nc4cnc(C#N)cn4)[n+](N[C@H]4CC[C@@H](Oc5c(F)cccc5-c5cc(Nc6cnc(C#N)cn6)n[nH]5)C4)[nH]3)C2)[nH]1. The molecule has 25 nitrogen and oxygen atoms in total. The van der Waals surface area contributed by atoms with Crippen LogP contribution in [0.3, 0.4) is 0 Å². The number of H-pyrrole nitrogens is 3. The van der Waals surface area contributed by atoms with E-state index in [0.717, 1.165) is 72.4 Å². The molecule has 0 aliphatic heterocycles. The van der Waals surface area contributed by atoms with Gasteiger partial charge in [-0.2, -0.15) is 20.9 Å². The van der Waals surface area contributed by atoms with E-state index in [9.17, 15) is 10.5 Å². The number of halogens is 1. The van der Waals surface area contributed by atoms with Gasteiger partial charge >= 0.3 is 11.6 Å². The molecule has 434 valence electrons. The van der Waals surface area contributed by atoms with E-state index in [2.05, 4.69) is 77.1 Å². The number of aromatic nitrogens is 12. The van der Waals surface area contributed by atoms with E-state index in [4.69, 9.17) is 29.9 Å². The molecule has 0 spiro atoms. The molecule has 0 bridgehead atoms. The lowest BCUT2D eigenvalue weighted by Gasteiger charge is -2.27. The summed E-state index contributed by atoms with van der Waals surface area (Å²) in [7, 11) is 1.64. The number of hydrogen-bond donors (Lipinski definition) is 9. The summed E-state index contributed by atoms with van der Waals surface area (Å²) in [5, 5.41) is 52.2. The van der Waals surface area contributed by atoms with Crippen LogP contribution in [-0.4, -0.2) is 93.8 Å². The number of aryl methyl sites for hydroxylation is 1. The minimum Gasteiger partial charge on any atom is -0.496 e. The predicted molar refractivity (Wildman–Crippen MR) is 312 cm³/mol. The van der Waals surface area contributed by atoms with Crippen molar-refractivity contribution in [3.05, 3.63) is 138 Å². The van der Waals surface area contributed by atoms with Crippen LogP contribution in [0, 0.1) is 46.7 Å². The maximum absolute atomic E-state index is 15.8. The second-order valence-corrected chi connectivity index (χ2v) is 21.3. The summed E-state index contributed by atoms with van der Waals surface area (Å²) in [6.45, 7) is 2.03. The molecule has 12 rings (SSSR count). The Hall–Kier alpha value is -10.9. The van der Waals surface area contributed by atoms with Gasteiger partial charge in [-0.1, -0.05) is 33.8 Å². The number of aromatic amines is 3. The highest BCUT2D eigenvalue weighted by Gasteiger charge is 2.34. The Morgan fingerprint density at radius 3 is 1.66 bits per heavy atom. The molecule has 0 unspecified atom stereocenters. The van der Waals surface area contributed by atoms with Crippen LogP contribution >= 0.6 is 0 Å². The van der Waals surface area contributed by atoms with Crippen LogP contribution in [0.4, 0.5) is 39.3 Å². The summed E-state index contributed by atoms with van der Waals surface area (Å²) in [6.07, 6.45) is 15.7. The average Bonchev–Trinajstić information content (AvgIpc) is 3.20. The summed E-state index contributed by atoms with van der Waals surface area (Å²) in [4.78, 5) is 29.2. The quantitative estimate of drug-likeness (QED) is 0.0326. The monoisotopic (exact) mass is 1160 g/mol. The van der Waals surface area contributed by atoms with E-state index in [1.165, 1.54) is 43.2 Å². The Bertz CT molecular complexity index is 3990. The molecular weight excluding hydrogens is 1100 g/mol. The zero-order valence-electron chi connectivity index (χ0n) is 46.9. The first-order valence-corrected chi connectivity index (χ1v) is 28.2. The fourth-order valence-electron chi connectivity index (χ4n) is 11.1. The summed E-state index contributed by atoms with van der Waals surface area (Å²) in [6, 6.07) is 28.2. The summed E-state index contributed by atoms with van der Waals surface area (Å²) >= 11 is 0. The van der Waals surface area contributed by atoms with Crippen LogP contribution in [0.25, 0.3) is 33.8 Å². The predicted octanol–water partition coefficient (Wildman–Crippen LogP) is 8.05. The number of nitrogens with two attached hydrogens (primary N) is 1. The number of para-hydroxylation sites is 2. The number of ether oxygens (including phenoxy) is 4. The molecule has 3 aliphatic carbocycles. The molecule has 0 amide bonds. The summed E-state index contributed by atoms with van der Waals surface area (Å²) in [5.41, 5.74) is 19.1. The number of hydrogen-bond acceptors (Lipinski definition) is 20. The molecule has 0 saturated heterocycles. The van der Waals surface area contributed by atoms with E-state index >= 15 is 4.39 Å². The molecule has 9 aromatic rings. The van der Waals surface area contributed by atoms with E-state index in [1.807, 2.05) is 78.5 Å². The molecule has 6 heterocycles. The first-order valence-electron chi connectivity index (χ1n) is 28.2. The van der Waals surface area contributed by atoms with Crippen molar-refractivity contribution in [1.29, 1.82) is 15.8 Å². The average molecular weight is 1160 g/mol. The van der Waals surface area contributed by atoms with Gasteiger partial charge in [0.25, 0.3) is 0 Å². The highest BCUT2D eigenvalue weighted by atomic mass is 19.1. The third-order valence-corrected chi connectivity index (χ3v) is 15.4. The number of nitriles is 3. The lowest BCUT2D eigenvalue weighted by Crippen LogP contribution is -2.52. The van der Waals surface area contributed by atoms with Crippen molar-refractivity contribution >= 4 is 34.9 Å². The third-order valence-electron chi connectivity index (χ3n) is 15.4. The van der Waals surface area contributed by atoms with Gasteiger partial charge in [0.05, 0.1) is 97.3 Å². The fraction of sp³-hybridized carbons (Fsp3) is 0.300. The lowest BCUT2D eigenvalue weighted by molar-refractivity contribution is -0.695. The Kier molecular flexibility index (Phi) is 16.1. The topological polar surface area (TPSA) is 340 Å². The van der Waals surface area contributed by atoms with Crippen LogP contribution in [0.1, 0.15) is 86.9 Å². The number of anilines is 6. The number of methoxy groups -OCH3 is 1. The van der Waals surface area contributed by atoms with Crippen molar-refractivity contribution in [3.8, 4) is 75.0 Å². The molecule has 6 aromatic heterocycles. The Morgan fingerprint density at radius 1 is 0.558 bits per heavy atom. The van der Waals surface area contributed by atoms with Crippen LogP contribution in [-0.2, 0) is 0 Å². The molecule has 3 saturated carbocycles. The minimum atomic E-state index is -0.516. The van der Waals surface area contributed by atoms with Crippen molar-refractivity contribution < 1.29 is 32.9 Å². The Morgan fingerprint density at radius 2 is 1.08 bits per heavy atom. The van der Waals surface area contributed by atoms with Crippen molar-refractivity contribution in [3.63, 3.8) is 0 Å². The lowest BCUT2D eigenvalue weighted by atomic mass is 9.93. The number of nitrogens with zero attached hydrogens (tertiary/aromatic N) is 12. The molecule has 10 N–H and O–H groups in total. The molecule has 4 atom stereocenters. The molecular formula is C60H60FN21O4+2. The molecule has 3 aromatic carbocycles. The summed E-state index contributed by atoms with van der Waals surface area (Å²) in [5.74, 6) is 4.49. The molecule has 26 heteroatoms. The number of nitrogens with one attached hydrogen (secondary N) is 8. The normalized spacial score (nSPS) is 18.9. The van der Waals surface area contributed by atoms with Crippen molar-refractivity contribution in [1.82, 2.24) is 50.3 Å².